The normalized spacial score (nSPS) is 26.9. The van der Waals surface area contributed by atoms with Crippen LogP contribution in [0.3, 0.4) is 0 Å². The summed E-state index contributed by atoms with van der Waals surface area (Å²) in [6.07, 6.45) is 3.08. The first-order valence-corrected chi connectivity index (χ1v) is 8.08. The van der Waals surface area contributed by atoms with Gasteiger partial charge in [0.15, 0.2) is 4.90 Å². The van der Waals surface area contributed by atoms with Gasteiger partial charge in [-0.25, -0.2) is 17.2 Å². The maximum Gasteiger partial charge on any atom is 0.248 e. The lowest BCUT2D eigenvalue weighted by atomic mass is 10.0. The van der Waals surface area contributed by atoms with Crippen molar-refractivity contribution in [3.63, 3.8) is 0 Å². The van der Waals surface area contributed by atoms with E-state index in [-0.39, 0.29) is 5.69 Å². The number of rotatable bonds is 2. The first-order chi connectivity index (χ1) is 9.39. The summed E-state index contributed by atoms with van der Waals surface area (Å²) >= 11 is 0. The maximum absolute atomic E-state index is 13.8. The van der Waals surface area contributed by atoms with E-state index in [1.165, 1.54) is 4.31 Å². The summed E-state index contributed by atoms with van der Waals surface area (Å²) in [7, 11) is -4.13. The molecule has 110 valence electrons. The van der Waals surface area contributed by atoms with Gasteiger partial charge in [0.1, 0.15) is 11.6 Å². The molecule has 1 aliphatic carbocycles. The van der Waals surface area contributed by atoms with Crippen molar-refractivity contribution in [2.24, 2.45) is 11.8 Å². The predicted octanol–water partition coefficient (Wildman–Crippen LogP) is 1.97. The summed E-state index contributed by atoms with van der Waals surface area (Å²) in [5.74, 6) is -1.60. The number of anilines is 1. The number of benzene rings is 1. The van der Waals surface area contributed by atoms with Gasteiger partial charge in [-0.1, -0.05) is 6.42 Å². The molecule has 1 saturated carbocycles. The maximum atomic E-state index is 13.8. The number of hydrogen-bond donors (Lipinski definition) is 1. The second kappa shape index (κ2) is 4.66. The van der Waals surface area contributed by atoms with Gasteiger partial charge >= 0.3 is 0 Å². The van der Waals surface area contributed by atoms with E-state index in [1.54, 1.807) is 0 Å². The lowest BCUT2D eigenvalue weighted by molar-refractivity contribution is 0.432. The third kappa shape index (κ3) is 2.09. The van der Waals surface area contributed by atoms with Crippen molar-refractivity contribution >= 4 is 15.7 Å². The number of nitrogens with two attached hydrogens (primary N) is 1. The fourth-order valence-electron chi connectivity index (χ4n) is 3.34. The predicted molar refractivity (Wildman–Crippen MR) is 70.4 cm³/mol. The van der Waals surface area contributed by atoms with Gasteiger partial charge in [-0.3, -0.25) is 0 Å². The smallest absolute Gasteiger partial charge is 0.248 e. The largest absolute Gasteiger partial charge is 0.399 e. The van der Waals surface area contributed by atoms with E-state index >= 15 is 0 Å². The zero-order valence-corrected chi connectivity index (χ0v) is 11.7. The topological polar surface area (TPSA) is 63.4 Å². The van der Waals surface area contributed by atoms with Crippen molar-refractivity contribution in [2.75, 3.05) is 18.8 Å². The summed E-state index contributed by atoms with van der Waals surface area (Å²) in [6, 6.07) is 1.68. The van der Waals surface area contributed by atoms with Crippen LogP contribution in [0, 0.1) is 23.5 Å². The minimum Gasteiger partial charge on any atom is -0.399 e. The molecule has 7 heteroatoms. The minimum atomic E-state index is -4.13. The average molecular weight is 302 g/mol. The summed E-state index contributed by atoms with van der Waals surface area (Å²) in [4.78, 5) is -0.883. The van der Waals surface area contributed by atoms with Crippen LogP contribution in [0.1, 0.15) is 19.3 Å². The van der Waals surface area contributed by atoms with Gasteiger partial charge in [0, 0.05) is 18.8 Å². The van der Waals surface area contributed by atoms with Gasteiger partial charge < -0.3 is 5.73 Å². The molecule has 20 heavy (non-hydrogen) atoms. The molecule has 0 spiro atoms. The third-order valence-electron chi connectivity index (χ3n) is 4.31. The number of halogens is 2. The van der Waals surface area contributed by atoms with Gasteiger partial charge in [0.05, 0.1) is 0 Å². The molecule has 1 aromatic rings. The Morgan fingerprint density at radius 2 is 1.60 bits per heavy atom. The molecule has 2 fully saturated rings. The highest BCUT2D eigenvalue weighted by molar-refractivity contribution is 7.89. The molecule has 2 atom stereocenters. The zero-order chi connectivity index (χ0) is 14.5. The standard InChI is InChI=1S/C13H16F2N2O2S/c14-11-4-10(16)5-12(15)13(11)20(18,19)17-6-8-2-1-3-9(8)7-17/h4-5,8-9H,1-3,6-7,16H2. The molecular formula is C13H16F2N2O2S. The molecular weight excluding hydrogens is 286 g/mol. The van der Waals surface area contributed by atoms with Crippen molar-refractivity contribution in [1.82, 2.24) is 4.31 Å². The van der Waals surface area contributed by atoms with E-state index in [0.717, 1.165) is 31.4 Å². The number of nitrogen functional groups attached to an aromatic ring is 1. The van der Waals surface area contributed by atoms with Gasteiger partial charge in [0.2, 0.25) is 10.0 Å². The molecule has 0 radical (unpaired) electrons. The van der Waals surface area contributed by atoms with E-state index in [4.69, 9.17) is 5.73 Å². The van der Waals surface area contributed by atoms with E-state index in [0.29, 0.717) is 24.9 Å². The Labute approximate surface area is 116 Å². The van der Waals surface area contributed by atoms with Crippen molar-refractivity contribution < 1.29 is 17.2 Å². The average Bonchev–Trinajstić information content (AvgIpc) is 2.85. The first kappa shape index (κ1) is 13.8. The van der Waals surface area contributed by atoms with Crippen molar-refractivity contribution in [3.05, 3.63) is 23.8 Å². The Kier molecular flexibility index (Phi) is 3.21. The van der Waals surface area contributed by atoms with Gasteiger partial charge in [-0.2, -0.15) is 4.31 Å². The lowest BCUT2D eigenvalue weighted by Gasteiger charge is -2.18. The number of hydrogen-bond acceptors (Lipinski definition) is 3. The van der Waals surface area contributed by atoms with E-state index in [9.17, 15) is 17.2 Å². The van der Waals surface area contributed by atoms with E-state index in [1.807, 2.05) is 0 Å². The van der Waals surface area contributed by atoms with Gasteiger partial charge in [0.25, 0.3) is 0 Å². The molecule has 4 nitrogen and oxygen atoms in total. The molecule has 2 N–H and O–H groups in total. The Hall–Kier alpha value is -1.21. The number of nitrogens with zero attached hydrogens (tertiary/aromatic N) is 1. The Morgan fingerprint density at radius 1 is 1.10 bits per heavy atom. The molecule has 3 rings (SSSR count). The van der Waals surface area contributed by atoms with Gasteiger partial charge in [-0.05, 0) is 36.8 Å². The molecule has 2 unspecified atom stereocenters. The molecule has 2 aliphatic rings. The quantitative estimate of drug-likeness (QED) is 0.850. The molecule has 0 bridgehead atoms. The first-order valence-electron chi connectivity index (χ1n) is 6.64. The summed E-state index contributed by atoms with van der Waals surface area (Å²) < 4.78 is 53.7. The Balaban J connectivity index is 1.97. The minimum absolute atomic E-state index is 0.128. The zero-order valence-electron chi connectivity index (χ0n) is 10.9. The summed E-state index contributed by atoms with van der Waals surface area (Å²) in [5.41, 5.74) is 5.18. The second-order valence-corrected chi connectivity index (χ2v) is 7.46. The van der Waals surface area contributed by atoms with Crippen LogP contribution < -0.4 is 5.73 Å². The molecule has 1 heterocycles. The Morgan fingerprint density at radius 3 is 2.10 bits per heavy atom. The highest BCUT2D eigenvalue weighted by atomic mass is 32.2. The van der Waals surface area contributed by atoms with Crippen LogP contribution >= 0.6 is 0 Å². The molecule has 1 aliphatic heterocycles. The van der Waals surface area contributed by atoms with Crippen LogP contribution in [0.25, 0.3) is 0 Å². The van der Waals surface area contributed by atoms with E-state index in [2.05, 4.69) is 0 Å². The summed E-state index contributed by atoms with van der Waals surface area (Å²) in [5, 5.41) is 0. The summed E-state index contributed by atoms with van der Waals surface area (Å²) in [6.45, 7) is 0.715. The van der Waals surface area contributed by atoms with Crippen LogP contribution in [0.4, 0.5) is 14.5 Å². The molecule has 1 saturated heterocycles. The van der Waals surface area contributed by atoms with Crippen LogP contribution in [0.15, 0.2) is 17.0 Å². The van der Waals surface area contributed by atoms with Crippen LogP contribution in [-0.2, 0) is 10.0 Å². The fraction of sp³-hybridized carbons (Fsp3) is 0.538. The highest BCUT2D eigenvalue weighted by Crippen LogP contribution is 2.40. The lowest BCUT2D eigenvalue weighted by Crippen LogP contribution is -2.31. The monoisotopic (exact) mass is 302 g/mol. The fourth-order valence-corrected chi connectivity index (χ4v) is 4.99. The SMILES string of the molecule is Nc1cc(F)c(S(=O)(=O)N2CC3CCCC3C2)c(F)c1. The number of fused-ring (bicyclic) bond motifs is 1. The second-order valence-electron chi connectivity index (χ2n) is 5.59. The molecule has 0 amide bonds. The van der Waals surface area contributed by atoms with E-state index < -0.39 is 26.6 Å². The van der Waals surface area contributed by atoms with Crippen LogP contribution in [0.5, 0.6) is 0 Å². The molecule has 0 aromatic heterocycles. The van der Waals surface area contributed by atoms with Crippen LogP contribution in [-0.4, -0.2) is 25.8 Å². The highest BCUT2D eigenvalue weighted by Gasteiger charge is 2.43. The number of sulfonamides is 1. The van der Waals surface area contributed by atoms with Crippen molar-refractivity contribution in [3.8, 4) is 0 Å². The van der Waals surface area contributed by atoms with Crippen LogP contribution in [0.2, 0.25) is 0 Å². The Bertz CT molecular complexity index is 613. The van der Waals surface area contributed by atoms with Crippen molar-refractivity contribution in [1.29, 1.82) is 0 Å². The van der Waals surface area contributed by atoms with Gasteiger partial charge in [-0.15, -0.1) is 0 Å². The molecule has 1 aromatic carbocycles. The third-order valence-corrected chi connectivity index (χ3v) is 6.20. The van der Waals surface area contributed by atoms with Crippen molar-refractivity contribution in [2.45, 2.75) is 24.2 Å².